The molecule has 47 heteroatoms. The summed E-state index contributed by atoms with van der Waals surface area (Å²) in [7, 11) is 0. The molecule has 19 N–H and O–H groups in total. The van der Waals surface area contributed by atoms with Gasteiger partial charge in [-0.25, -0.2) is 49.9 Å². The molecule has 15 heterocycles. The number of aliphatic hydroxyl groups excluding tert-OH is 10. The molecule has 7 aliphatic rings. The number of aromatic amines is 3. The van der Waals surface area contributed by atoms with Crippen LogP contribution in [-0.2, 0) is 46.0 Å². The molecule has 7 unspecified atom stereocenters. The number of nitrogens with two attached hydrogens (primary N) is 2. The number of guanidine groups is 2. The fourth-order valence-electron chi connectivity index (χ4n) is 16.5. The van der Waals surface area contributed by atoms with Crippen LogP contribution in [0, 0.1) is 27.7 Å². The van der Waals surface area contributed by atoms with Gasteiger partial charge < -0.3 is 121 Å². The first-order valence-electron chi connectivity index (χ1n) is 45.2. The number of ether oxygens (including phenoxy) is 7. The van der Waals surface area contributed by atoms with Gasteiger partial charge in [0.25, 0.3) is 16.7 Å². The zero-order valence-corrected chi connectivity index (χ0v) is 84.2. The number of imidazole rings is 5. The Morgan fingerprint density at radius 2 is 0.699 bits per heavy atom. The van der Waals surface area contributed by atoms with E-state index in [4.69, 9.17) is 44.6 Å². The summed E-state index contributed by atoms with van der Waals surface area (Å²) in [4.78, 5) is 87.9. The van der Waals surface area contributed by atoms with E-state index in [1.807, 2.05) is 20.8 Å². The summed E-state index contributed by atoms with van der Waals surface area (Å²) >= 11 is 0. The quantitative estimate of drug-likeness (QED) is 0.0222. The summed E-state index contributed by atoms with van der Waals surface area (Å²) in [6.07, 6.45) is 18.3. The lowest BCUT2D eigenvalue weighted by molar-refractivity contribution is -0.0368. The third-order valence-electron chi connectivity index (χ3n) is 23.6. The van der Waals surface area contributed by atoms with Gasteiger partial charge in [-0.1, -0.05) is 34.1 Å². The third-order valence-corrected chi connectivity index (χ3v) is 30.9. The summed E-state index contributed by atoms with van der Waals surface area (Å²) in [5.74, 6) is 4.63. The molecular weight excluding hydrogens is 1820 g/mol. The Labute approximate surface area is 774 Å². The Bertz CT molecular complexity index is 5880. The summed E-state index contributed by atoms with van der Waals surface area (Å²) in [6.45, 7) is 30.9. The number of aryl methyl sites for hydroxylation is 6. The maximum absolute atomic E-state index is 12.3. The van der Waals surface area contributed by atoms with E-state index in [9.17, 15) is 65.4 Å². The molecule has 8 aromatic rings. The molecule has 0 amide bonds. The smallest absolute Gasteiger partial charge is 0.279 e. The van der Waals surface area contributed by atoms with Crippen molar-refractivity contribution >= 4 is 123 Å². The number of H-pyrrole nitrogens is 3. The Hall–Kier alpha value is -7.17. The monoisotopic (exact) mass is 1960 g/mol. The van der Waals surface area contributed by atoms with Crippen LogP contribution < -0.4 is 38.8 Å². The van der Waals surface area contributed by atoms with Crippen molar-refractivity contribution in [2.24, 2.45) is 21.5 Å². The summed E-state index contributed by atoms with van der Waals surface area (Å²) in [6, 6.07) is 0. The lowest BCUT2D eigenvalue weighted by atomic mass is 10.1. The van der Waals surface area contributed by atoms with Gasteiger partial charge in [-0.2, -0.15) is 0 Å². The van der Waals surface area contributed by atoms with Crippen molar-refractivity contribution in [1.29, 1.82) is 0 Å². The fourth-order valence-corrected chi connectivity index (χ4v) is 21.3. The normalized spacial score (nSPS) is 28.2. The molecule has 5 saturated heterocycles. The second-order valence-electron chi connectivity index (χ2n) is 38.7. The molecule has 742 valence electrons. The average Bonchev–Trinajstić information content (AvgIpc) is 1.59. The van der Waals surface area contributed by atoms with Crippen molar-refractivity contribution in [1.82, 2.24) is 77.7 Å². The van der Waals surface area contributed by atoms with E-state index in [1.54, 1.807) is 63.2 Å². The minimum Gasteiger partial charge on any atom is -0.388 e. The van der Waals surface area contributed by atoms with Gasteiger partial charge in [0.1, 0.15) is 119 Å². The standard InChI is InChI=1S/C18H32N5O4P.C18H29N4O4P.C17H30N5O4P.C17H27N4O4P.C16H25N4O4P/c1-5-6-8-26-16-12-15(21-18(19)22-16)23(10-20-12)17-14(25)13(24)11(27-17)7-9-28(2,3)4;1-6-7-12-21-13-16(19-10(2)20-17(13)25)22(12)18-15(24)14(23)11(26-18)8-9-27(3,4)5;1-5-7-25-15-11-14(20-17(18)21-15)22(9-19-11)16-13(24)12(23)10(26-16)6-8-27(2,3)4;1-6-11-20-12-15(18-9(2)19-16(12)24)21(11)17-14(23)13(22)10(25-17)7-8-26(3,4)5;1-8-17-14-11(15(23)18-8)19-9(2)20(14)16-13(22)12(21)10(24-16)6-7-25(3,4)5/h10-11,13-14,16-17,24-25H,2,5-9H2,1,3-4H3,(H3,19,21,22);11,14-15,18,23-24H,3,6-9H2,1-2,4-5H3,(H,19,20,25);9-10,12-13,15-16,23-24H,2,5-8H2,1,3-4H3,(H3,18,20,21);10,13-14,17,22-23H,3,6-8H2,1-2,4-5H3,(H,18,19,24);10,12-13,16,21-22H,3,6-7H2,1-2,4-5H3,(H,17,18,23)/t11-,13-,14-,16?,17?;11-,14-,15-,18?;10-,12-,13-,15?,16?;10-,13-,14-,17?;10-,12-,13-,16?/m11111/s1. The van der Waals surface area contributed by atoms with E-state index in [-0.39, 0.29) is 45.1 Å². The Kier molecular flexibility index (Phi) is 35.1. The van der Waals surface area contributed by atoms with Crippen LogP contribution in [-0.4, -0.2) is 374 Å². The highest BCUT2D eigenvalue weighted by Gasteiger charge is 2.51. The van der Waals surface area contributed by atoms with Crippen molar-refractivity contribution in [3.05, 3.63) is 90.1 Å². The van der Waals surface area contributed by atoms with Gasteiger partial charge >= 0.3 is 0 Å². The minimum absolute atomic E-state index is 0.196. The number of nitrogens with zero attached hydrogens (tertiary/aromatic N) is 15. The molecule has 7 aliphatic heterocycles. The predicted octanol–water partition coefficient (Wildman–Crippen LogP) is 4.19. The molecular formula is C86H143N22O20P5. The minimum atomic E-state index is -1.27. The van der Waals surface area contributed by atoms with Crippen LogP contribution >= 0.6 is 34.4 Å². The highest BCUT2D eigenvalue weighted by Crippen LogP contribution is 2.48. The molecule has 8 aromatic heterocycles. The van der Waals surface area contributed by atoms with Gasteiger partial charge in [0.2, 0.25) is 0 Å². The molecule has 42 nitrogen and oxygen atoms in total. The van der Waals surface area contributed by atoms with Gasteiger partial charge in [-0.05, 0) is 177 Å². The maximum atomic E-state index is 12.3. The molecule has 0 bridgehead atoms. The number of rotatable bonds is 30. The molecule has 22 atom stereocenters. The van der Waals surface area contributed by atoms with Crippen LogP contribution in [0.15, 0.2) is 37.0 Å². The lowest BCUT2D eigenvalue weighted by Gasteiger charge is -2.24. The first kappa shape index (κ1) is 106. The highest BCUT2D eigenvalue weighted by molar-refractivity contribution is 7.73. The first-order valence-corrected chi connectivity index (χ1v) is 60.4. The van der Waals surface area contributed by atoms with Crippen LogP contribution in [0.4, 0.5) is 11.6 Å². The number of aromatic nitrogens is 16. The van der Waals surface area contributed by atoms with Crippen LogP contribution in [0.25, 0.3) is 33.5 Å². The van der Waals surface area contributed by atoms with E-state index in [1.165, 1.54) is 0 Å². The van der Waals surface area contributed by atoms with Gasteiger partial charge in [0, 0.05) is 26.1 Å². The van der Waals surface area contributed by atoms with Crippen molar-refractivity contribution in [3.8, 4) is 0 Å². The largest absolute Gasteiger partial charge is 0.388 e. The second-order valence-corrected chi connectivity index (χ2v) is 60.3. The number of unbranched alkanes of at least 4 members (excludes halogenated alkanes) is 1. The van der Waals surface area contributed by atoms with Gasteiger partial charge in [0.05, 0.1) is 43.2 Å². The number of anilines is 2. The number of hydrogen-bond acceptors (Lipinski definition) is 34. The lowest BCUT2D eigenvalue weighted by Crippen LogP contribution is -2.33. The van der Waals surface area contributed by atoms with Crippen molar-refractivity contribution < 1.29 is 84.2 Å². The molecule has 0 radical (unpaired) electrons. The van der Waals surface area contributed by atoms with E-state index >= 15 is 0 Å². The first-order chi connectivity index (χ1) is 62.2. The fraction of sp³-hybridized carbons (Fsp3) is 0.674. The summed E-state index contributed by atoms with van der Waals surface area (Å²) < 4.78 is 49.8. The Morgan fingerprint density at radius 3 is 1.02 bits per heavy atom. The van der Waals surface area contributed by atoms with E-state index in [0.717, 1.165) is 56.5 Å². The van der Waals surface area contributed by atoms with E-state index in [2.05, 4.69) is 181 Å². The topological polar surface area (TPSA) is 594 Å². The Morgan fingerprint density at radius 1 is 0.398 bits per heavy atom. The van der Waals surface area contributed by atoms with Gasteiger partial charge in [0.15, 0.2) is 89.0 Å². The van der Waals surface area contributed by atoms with Crippen molar-refractivity contribution in [3.63, 3.8) is 0 Å². The molecule has 0 aliphatic carbocycles. The zero-order valence-electron chi connectivity index (χ0n) is 79.8. The van der Waals surface area contributed by atoms with Gasteiger partial charge in [-0.15, -0.1) is 65.9 Å². The highest BCUT2D eigenvalue weighted by atomic mass is 31.2. The number of hydrogen-bond donors (Lipinski definition) is 17. The molecule has 0 aromatic carbocycles. The second kappa shape index (κ2) is 43.9. The number of aliphatic hydroxyl groups is 10. The van der Waals surface area contributed by atoms with Crippen LogP contribution in [0.5, 0.6) is 0 Å². The molecule has 0 spiro atoms. The van der Waals surface area contributed by atoms with Gasteiger partial charge in [-0.3, -0.25) is 37.2 Å². The zero-order chi connectivity index (χ0) is 97.9. The molecule has 5 fully saturated rings. The molecule has 0 saturated carbocycles. The average molecular weight is 1960 g/mol. The van der Waals surface area contributed by atoms with E-state index in [0.29, 0.717) is 133 Å². The van der Waals surface area contributed by atoms with Crippen molar-refractivity contribution in [2.45, 2.75) is 261 Å². The summed E-state index contributed by atoms with van der Waals surface area (Å²) in [5.41, 5.74) is 13.7. The summed E-state index contributed by atoms with van der Waals surface area (Å²) in [5, 5.41) is 111. The van der Waals surface area contributed by atoms with Crippen molar-refractivity contribution in [2.75, 3.05) is 121 Å². The molecule has 15 rings (SSSR count). The van der Waals surface area contributed by atoms with E-state index < -0.39 is 170 Å². The Balaban J connectivity index is 0.000000160. The third kappa shape index (κ3) is 25.7. The van der Waals surface area contributed by atoms with Crippen LogP contribution in [0.1, 0.15) is 175 Å². The van der Waals surface area contributed by atoms with Crippen LogP contribution in [0.2, 0.25) is 0 Å². The predicted molar refractivity (Wildman–Crippen MR) is 531 cm³/mol. The number of fused-ring (bicyclic) bond motifs is 5. The number of nitrogens with one attached hydrogen (secondary N) is 5. The number of aliphatic imine (C=N–C) groups is 2. The molecule has 133 heavy (non-hydrogen) atoms. The van der Waals surface area contributed by atoms with Crippen LogP contribution in [0.3, 0.4) is 0 Å². The maximum Gasteiger partial charge on any atom is 0.279 e. The SMILES string of the molecule is C=P(C)(C)CC[C@H]1OC(n2c(C)nc3c(=O)[nH]c(C)nc32)[C@H](O)[C@@H]1O.C=P(C)(C)CC[C@H]1OC(n2c(CC)nc3c(=O)[nH]c(C)nc32)[C@H](O)[C@@H]1O.C=P(C)(C)CC[C@H]1OC(n2c(CCC)nc3c(=O)[nH]c(C)nc32)[C@H](O)[C@@H]1O.C=P(C)(C)CC[C@H]1OC(n2cnc3c2NC(N)=NC3OCCC)[C@H](O)[C@@H]1O.C=P(C)(C)CC[C@H]1OC(n2cnc3c2NC(N)=NC3OCCCC)[C@H](O)[C@@H]1O.